The summed E-state index contributed by atoms with van der Waals surface area (Å²) in [5, 5.41) is -0.539. The molecule has 1 fully saturated rings. The first-order valence-corrected chi connectivity index (χ1v) is 9.93. The Kier molecular flexibility index (Phi) is 6.55. The Hall–Kier alpha value is -2.85. The molecule has 0 spiro atoms. The Morgan fingerprint density at radius 2 is 2.03 bits per heavy atom. The number of aromatic nitrogens is 1. The van der Waals surface area contributed by atoms with Gasteiger partial charge in [-0.3, -0.25) is 24.3 Å². The van der Waals surface area contributed by atoms with Crippen LogP contribution in [0.15, 0.2) is 46.0 Å². The molecule has 0 aliphatic carbocycles. The molecule has 0 bridgehead atoms. The second-order valence-electron chi connectivity index (χ2n) is 5.91. The molecule has 1 aliphatic rings. The first kappa shape index (κ1) is 20.9. The normalized spacial score (nSPS) is 15.1. The van der Waals surface area contributed by atoms with Crippen molar-refractivity contribution in [3.8, 4) is 11.5 Å². The van der Waals surface area contributed by atoms with Crippen molar-refractivity contribution in [1.29, 1.82) is 0 Å². The molecule has 1 saturated heterocycles. The molecule has 3 rings (SSSR count). The number of thioether (sulfide) groups is 1. The summed E-state index contributed by atoms with van der Waals surface area (Å²) in [5.74, 6) is -0.361. The highest BCUT2D eigenvalue weighted by atomic mass is 79.9. The number of carbonyl (C=O) groups excluding carboxylic acids is 3. The molecule has 0 unspecified atom stereocenters. The fraction of sp³-hybridized carbons (Fsp3) is 0.158. The average molecular weight is 478 g/mol. The fourth-order valence-corrected chi connectivity index (χ4v) is 3.95. The number of methoxy groups -OCH3 is 1. The number of amides is 3. The lowest BCUT2D eigenvalue weighted by atomic mass is 10.1. The van der Waals surface area contributed by atoms with Crippen molar-refractivity contribution in [3.05, 3.63) is 57.2 Å². The van der Waals surface area contributed by atoms with Crippen LogP contribution in [0.2, 0.25) is 0 Å². The van der Waals surface area contributed by atoms with Crippen molar-refractivity contribution >= 4 is 50.8 Å². The van der Waals surface area contributed by atoms with E-state index in [9.17, 15) is 14.4 Å². The number of halogens is 1. The Balaban J connectivity index is 1.83. The van der Waals surface area contributed by atoms with Gasteiger partial charge in [0.05, 0.1) is 16.5 Å². The number of nitrogens with two attached hydrogens (primary N) is 1. The fourth-order valence-electron chi connectivity index (χ4n) is 2.54. The van der Waals surface area contributed by atoms with Gasteiger partial charge in [-0.25, -0.2) is 0 Å². The van der Waals surface area contributed by atoms with Crippen LogP contribution >= 0.6 is 27.7 Å². The van der Waals surface area contributed by atoms with E-state index in [4.69, 9.17) is 15.2 Å². The summed E-state index contributed by atoms with van der Waals surface area (Å²) >= 11 is 4.20. The summed E-state index contributed by atoms with van der Waals surface area (Å²) in [6.45, 7) is -0.125. The van der Waals surface area contributed by atoms with Gasteiger partial charge in [0.15, 0.2) is 11.5 Å². The summed E-state index contributed by atoms with van der Waals surface area (Å²) in [7, 11) is 1.51. The van der Waals surface area contributed by atoms with E-state index in [0.29, 0.717) is 28.1 Å². The number of hydrogen-bond donors (Lipinski definition) is 1. The van der Waals surface area contributed by atoms with Crippen molar-refractivity contribution in [2.75, 3.05) is 13.7 Å². The molecular formula is C19H16BrN3O5S. The third-order valence-corrected chi connectivity index (χ3v) is 5.37. The second-order valence-corrected chi connectivity index (χ2v) is 7.76. The topological polar surface area (TPSA) is 112 Å². The Morgan fingerprint density at radius 1 is 1.31 bits per heavy atom. The minimum absolute atomic E-state index is 0.190. The summed E-state index contributed by atoms with van der Waals surface area (Å²) in [4.78, 5) is 40.3. The standard InChI is InChI=1S/C19H16BrN3O5S/c1-27-14-7-12(8-15-18(25)23(9-16(21)24)19(26)29-15)6-13(20)17(14)28-10-11-2-4-22-5-3-11/h2-8H,9-10H2,1H3,(H2,21,24)/b15-8-. The molecule has 150 valence electrons. The van der Waals surface area contributed by atoms with Crippen LogP contribution in [0.3, 0.4) is 0 Å². The number of nitrogens with zero attached hydrogens (tertiary/aromatic N) is 2. The maximum absolute atomic E-state index is 12.4. The summed E-state index contributed by atoms with van der Waals surface area (Å²) < 4.78 is 11.9. The van der Waals surface area contributed by atoms with Gasteiger partial charge in [0.25, 0.3) is 11.1 Å². The highest BCUT2D eigenvalue weighted by molar-refractivity contribution is 9.10. The maximum Gasteiger partial charge on any atom is 0.294 e. The molecule has 1 aliphatic heterocycles. The van der Waals surface area contributed by atoms with E-state index in [-0.39, 0.29) is 4.91 Å². The molecule has 0 radical (unpaired) electrons. The number of benzene rings is 1. The summed E-state index contributed by atoms with van der Waals surface area (Å²) in [6.07, 6.45) is 4.91. The van der Waals surface area contributed by atoms with E-state index >= 15 is 0 Å². The largest absolute Gasteiger partial charge is 0.493 e. The van der Waals surface area contributed by atoms with E-state index in [1.54, 1.807) is 30.6 Å². The molecule has 2 aromatic rings. The maximum atomic E-state index is 12.4. The van der Waals surface area contributed by atoms with Gasteiger partial charge in [0, 0.05) is 12.4 Å². The van der Waals surface area contributed by atoms with Gasteiger partial charge in [-0.05, 0) is 69.2 Å². The zero-order chi connectivity index (χ0) is 21.0. The Labute approximate surface area is 179 Å². The third kappa shape index (κ3) is 4.96. The lowest BCUT2D eigenvalue weighted by molar-refractivity contribution is -0.127. The lowest BCUT2D eigenvalue weighted by Gasteiger charge is -2.14. The van der Waals surface area contributed by atoms with Crippen molar-refractivity contribution in [3.63, 3.8) is 0 Å². The van der Waals surface area contributed by atoms with Crippen LogP contribution in [0.25, 0.3) is 6.08 Å². The predicted molar refractivity (Wildman–Crippen MR) is 111 cm³/mol. The first-order chi connectivity index (χ1) is 13.9. The molecule has 8 nitrogen and oxygen atoms in total. The van der Waals surface area contributed by atoms with E-state index in [1.165, 1.54) is 7.11 Å². The Bertz CT molecular complexity index is 997. The number of hydrogen-bond acceptors (Lipinski definition) is 7. The minimum atomic E-state index is -0.756. The second kappa shape index (κ2) is 9.10. The summed E-state index contributed by atoms with van der Waals surface area (Å²) in [6, 6.07) is 7.12. The quantitative estimate of drug-likeness (QED) is 0.609. The molecule has 2 N–H and O–H groups in total. The molecule has 3 amide bonds. The molecule has 29 heavy (non-hydrogen) atoms. The van der Waals surface area contributed by atoms with Crippen LogP contribution in [0.5, 0.6) is 11.5 Å². The average Bonchev–Trinajstić information content (AvgIpc) is 2.94. The van der Waals surface area contributed by atoms with Crippen LogP contribution in [0.1, 0.15) is 11.1 Å². The van der Waals surface area contributed by atoms with Gasteiger partial charge in [-0.2, -0.15) is 0 Å². The van der Waals surface area contributed by atoms with E-state index in [1.807, 2.05) is 12.1 Å². The molecule has 10 heteroatoms. The number of primary amides is 1. The highest BCUT2D eigenvalue weighted by Gasteiger charge is 2.35. The van der Waals surface area contributed by atoms with Crippen molar-refractivity contribution in [2.24, 2.45) is 5.73 Å². The molecule has 2 heterocycles. The first-order valence-electron chi connectivity index (χ1n) is 8.32. The third-order valence-electron chi connectivity index (χ3n) is 3.87. The summed E-state index contributed by atoms with van der Waals surface area (Å²) in [5.41, 5.74) is 6.65. The smallest absolute Gasteiger partial charge is 0.294 e. The van der Waals surface area contributed by atoms with Crippen LogP contribution in [0.4, 0.5) is 4.79 Å². The molecule has 1 aromatic heterocycles. The van der Waals surface area contributed by atoms with Crippen LogP contribution in [0, 0.1) is 0 Å². The van der Waals surface area contributed by atoms with Crippen molar-refractivity contribution < 1.29 is 23.9 Å². The number of rotatable bonds is 7. The van der Waals surface area contributed by atoms with Crippen LogP contribution < -0.4 is 15.2 Å². The molecule has 1 aromatic carbocycles. The monoisotopic (exact) mass is 477 g/mol. The van der Waals surface area contributed by atoms with Gasteiger partial charge in [0.1, 0.15) is 13.2 Å². The molecular weight excluding hydrogens is 462 g/mol. The minimum Gasteiger partial charge on any atom is -0.493 e. The zero-order valence-electron chi connectivity index (χ0n) is 15.3. The number of carbonyl (C=O) groups is 3. The van der Waals surface area contributed by atoms with Crippen LogP contribution in [-0.2, 0) is 16.2 Å². The Morgan fingerprint density at radius 3 is 2.69 bits per heavy atom. The van der Waals surface area contributed by atoms with Crippen molar-refractivity contribution in [2.45, 2.75) is 6.61 Å². The van der Waals surface area contributed by atoms with Crippen LogP contribution in [-0.4, -0.2) is 40.6 Å². The van der Waals surface area contributed by atoms with E-state index in [0.717, 1.165) is 22.2 Å². The SMILES string of the molecule is COc1cc(/C=C2\SC(=O)N(CC(N)=O)C2=O)cc(Br)c1OCc1ccncc1. The zero-order valence-corrected chi connectivity index (χ0v) is 17.7. The molecule has 0 atom stereocenters. The molecule has 0 saturated carbocycles. The van der Waals surface area contributed by atoms with E-state index < -0.39 is 23.6 Å². The van der Waals surface area contributed by atoms with E-state index in [2.05, 4.69) is 20.9 Å². The van der Waals surface area contributed by atoms with Gasteiger partial charge < -0.3 is 15.2 Å². The van der Waals surface area contributed by atoms with Crippen molar-refractivity contribution in [1.82, 2.24) is 9.88 Å². The van der Waals surface area contributed by atoms with Gasteiger partial charge >= 0.3 is 0 Å². The van der Waals surface area contributed by atoms with Gasteiger partial charge in [-0.15, -0.1) is 0 Å². The van der Waals surface area contributed by atoms with Gasteiger partial charge in [0.2, 0.25) is 5.91 Å². The predicted octanol–water partition coefficient (Wildman–Crippen LogP) is 2.95. The lowest BCUT2D eigenvalue weighted by Crippen LogP contribution is -2.36. The number of ether oxygens (including phenoxy) is 2. The number of imide groups is 1. The highest BCUT2D eigenvalue weighted by Crippen LogP contribution is 2.39. The van der Waals surface area contributed by atoms with Gasteiger partial charge in [-0.1, -0.05) is 0 Å². The number of pyridine rings is 1.